The average molecular weight is 253 g/mol. The summed E-state index contributed by atoms with van der Waals surface area (Å²) in [6.07, 6.45) is 2.72. The number of rotatable bonds is 3. The van der Waals surface area contributed by atoms with Gasteiger partial charge in [0.2, 0.25) is 5.95 Å². The zero-order valence-corrected chi connectivity index (χ0v) is 10.4. The molecule has 0 amide bonds. The van der Waals surface area contributed by atoms with Crippen LogP contribution < -0.4 is 10.3 Å². The third kappa shape index (κ3) is 2.73. The predicted molar refractivity (Wildman–Crippen MR) is 67.4 cm³/mol. The van der Waals surface area contributed by atoms with Crippen molar-refractivity contribution < 1.29 is 9.13 Å². The molecule has 2 heterocycles. The molecule has 0 radical (unpaired) electrons. The topological polar surface area (TPSA) is 62.6 Å². The molecule has 0 aliphatic carbocycles. The lowest BCUT2D eigenvalue weighted by Crippen LogP contribution is -2.44. The third-order valence-electron chi connectivity index (χ3n) is 2.66. The van der Waals surface area contributed by atoms with Crippen LogP contribution in [0.15, 0.2) is 11.3 Å². The van der Waals surface area contributed by atoms with Gasteiger partial charge >= 0.3 is 0 Å². The highest BCUT2D eigenvalue weighted by Gasteiger charge is 2.23. The number of nitrogens with zero attached hydrogens (tertiary/aromatic N) is 4. The average Bonchev–Trinajstić information content (AvgIpc) is 2.39. The maximum absolute atomic E-state index is 13.8. The van der Waals surface area contributed by atoms with Gasteiger partial charge in [-0.15, -0.1) is 0 Å². The quantitative estimate of drug-likeness (QED) is 0.649. The van der Waals surface area contributed by atoms with E-state index in [-0.39, 0.29) is 17.8 Å². The minimum Gasteiger partial charge on any atom is -0.377 e. The fourth-order valence-corrected chi connectivity index (χ4v) is 1.78. The number of morpholine rings is 1. The Kier molecular flexibility index (Phi) is 4.03. The van der Waals surface area contributed by atoms with Gasteiger partial charge in [0.1, 0.15) is 0 Å². The smallest absolute Gasteiger partial charge is 0.245 e. The molecule has 1 aliphatic heterocycles. The van der Waals surface area contributed by atoms with Gasteiger partial charge in [0.15, 0.2) is 11.6 Å². The van der Waals surface area contributed by atoms with Crippen LogP contribution in [0.3, 0.4) is 0 Å². The van der Waals surface area contributed by atoms with Crippen LogP contribution in [0.4, 0.5) is 16.2 Å². The van der Waals surface area contributed by atoms with E-state index in [0.717, 1.165) is 6.20 Å². The molecule has 1 fully saturated rings. The highest BCUT2D eigenvalue weighted by Crippen LogP contribution is 2.21. The molecule has 1 unspecified atom stereocenters. The standard InChI is InChI=1S/C11H16FN5O/c1-3-14-16-11-13-6-9(12)10(15-11)17-4-5-18-7-8(17)2/h3,6,8H,4-5,7H2,1-2H3,(H,13,15,16)/b14-3+. The van der Waals surface area contributed by atoms with Crippen molar-refractivity contribution in [2.24, 2.45) is 5.10 Å². The fraction of sp³-hybridized carbons (Fsp3) is 0.545. The lowest BCUT2D eigenvalue weighted by Gasteiger charge is -2.34. The molecule has 1 N–H and O–H groups in total. The summed E-state index contributed by atoms with van der Waals surface area (Å²) < 4.78 is 19.1. The van der Waals surface area contributed by atoms with Gasteiger partial charge in [-0.2, -0.15) is 10.1 Å². The molecule has 18 heavy (non-hydrogen) atoms. The molecule has 6 nitrogen and oxygen atoms in total. The molecular weight excluding hydrogens is 237 g/mol. The molecule has 1 aromatic rings. The zero-order valence-electron chi connectivity index (χ0n) is 10.4. The monoisotopic (exact) mass is 253 g/mol. The van der Waals surface area contributed by atoms with Gasteiger partial charge in [-0.3, -0.25) is 0 Å². The number of halogens is 1. The van der Waals surface area contributed by atoms with Gasteiger partial charge in [0.25, 0.3) is 0 Å². The summed E-state index contributed by atoms with van der Waals surface area (Å²) >= 11 is 0. The van der Waals surface area contributed by atoms with E-state index in [4.69, 9.17) is 4.74 Å². The molecule has 1 atom stereocenters. The SMILES string of the molecule is C/C=N/Nc1ncc(F)c(N2CCOCC2C)n1. The van der Waals surface area contributed by atoms with Crippen molar-refractivity contribution in [3.05, 3.63) is 12.0 Å². The van der Waals surface area contributed by atoms with Crippen molar-refractivity contribution >= 4 is 18.0 Å². The first-order valence-corrected chi connectivity index (χ1v) is 5.83. The van der Waals surface area contributed by atoms with Crippen molar-refractivity contribution in [3.8, 4) is 0 Å². The van der Waals surface area contributed by atoms with Crippen LogP contribution in [0.5, 0.6) is 0 Å². The van der Waals surface area contributed by atoms with Crippen molar-refractivity contribution in [2.75, 3.05) is 30.1 Å². The Morgan fingerprint density at radius 1 is 1.67 bits per heavy atom. The van der Waals surface area contributed by atoms with Crippen molar-refractivity contribution in [1.29, 1.82) is 0 Å². The summed E-state index contributed by atoms with van der Waals surface area (Å²) in [5.41, 5.74) is 2.64. The van der Waals surface area contributed by atoms with Crippen molar-refractivity contribution in [3.63, 3.8) is 0 Å². The van der Waals surface area contributed by atoms with Crippen molar-refractivity contribution in [1.82, 2.24) is 9.97 Å². The van der Waals surface area contributed by atoms with E-state index < -0.39 is 5.82 Å². The Labute approximate surface area is 105 Å². The Morgan fingerprint density at radius 3 is 3.22 bits per heavy atom. The normalized spacial score (nSPS) is 20.4. The molecule has 2 rings (SSSR count). The largest absolute Gasteiger partial charge is 0.377 e. The second-order valence-electron chi connectivity index (χ2n) is 3.98. The fourth-order valence-electron chi connectivity index (χ4n) is 1.78. The van der Waals surface area contributed by atoms with E-state index in [1.54, 1.807) is 13.1 Å². The molecular formula is C11H16FN5O. The van der Waals surface area contributed by atoms with Crippen LogP contribution >= 0.6 is 0 Å². The van der Waals surface area contributed by atoms with E-state index in [9.17, 15) is 4.39 Å². The maximum atomic E-state index is 13.8. The minimum absolute atomic E-state index is 0.0886. The summed E-state index contributed by atoms with van der Waals surface area (Å²) in [6, 6.07) is 0.0886. The van der Waals surface area contributed by atoms with E-state index in [1.807, 2.05) is 11.8 Å². The molecule has 1 aliphatic rings. The molecule has 7 heteroatoms. The minimum atomic E-state index is -0.435. The van der Waals surface area contributed by atoms with Crippen LogP contribution in [0.2, 0.25) is 0 Å². The summed E-state index contributed by atoms with van der Waals surface area (Å²) in [5.74, 6) is 0.132. The van der Waals surface area contributed by atoms with Crippen LogP contribution in [0.25, 0.3) is 0 Å². The van der Waals surface area contributed by atoms with Gasteiger partial charge in [-0.05, 0) is 13.8 Å². The highest BCUT2D eigenvalue weighted by atomic mass is 19.1. The van der Waals surface area contributed by atoms with Crippen LogP contribution in [0, 0.1) is 5.82 Å². The first kappa shape index (κ1) is 12.7. The number of hydrazone groups is 1. The summed E-state index contributed by atoms with van der Waals surface area (Å²) in [5, 5.41) is 3.81. The Bertz CT molecular complexity index is 439. The first-order chi connectivity index (χ1) is 8.72. The summed E-state index contributed by atoms with van der Waals surface area (Å²) in [4.78, 5) is 9.85. The second kappa shape index (κ2) is 5.72. The third-order valence-corrected chi connectivity index (χ3v) is 2.66. The lowest BCUT2D eigenvalue weighted by molar-refractivity contribution is 0.0981. The molecule has 0 saturated carbocycles. The van der Waals surface area contributed by atoms with E-state index in [0.29, 0.717) is 19.8 Å². The van der Waals surface area contributed by atoms with Crippen molar-refractivity contribution in [2.45, 2.75) is 19.9 Å². The lowest BCUT2D eigenvalue weighted by atomic mass is 10.2. The van der Waals surface area contributed by atoms with E-state index in [2.05, 4.69) is 20.5 Å². The number of anilines is 2. The van der Waals surface area contributed by atoms with Gasteiger partial charge < -0.3 is 9.64 Å². The Balaban J connectivity index is 2.24. The number of hydrogen-bond donors (Lipinski definition) is 1. The van der Waals surface area contributed by atoms with Gasteiger partial charge in [-0.25, -0.2) is 14.8 Å². The van der Waals surface area contributed by atoms with Gasteiger partial charge in [0.05, 0.1) is 25.5 Å². The zero-order chi connectivity index (χ0) is 13.0. The molecule has 98 valence electrons. The predicted octanol–water partition coefficient (Wildman–Crippen LogP) is 1.26. The van der Waals surface area contributed by atoms with Crippen LogP contribution in [-0.4, -0.2) is 42.0 Å². The molecule has 1 saturated heterocycles. The summed E-state index contributed by atoms with van der Waals surface area (Å²) in [6.45, 7) is 5.49. The Hall–Kier alpha value is -1.76. The van der Waals surface area contributed by atoms with Gasteiger partial charge in [0, 0.05) is 12.8 Å². The first-order valence-electron chi connectivity index (χ1n) is 5.83. The molecule has 0 aromatic carbocycles. The van der Waals surface area contributed by atoms with Gasteiger partial charge in [-0.1, -0.05) is 0 Å². The highest BCUT2D eigenvalue weighted by molar-refractivity contribution is 5.55. The van der Waals surface area contributed by atoms with E-state index in [1.165, 1.54) is 0 Å². The maximum Gasteiger partial charge on any atom is 0.245 e. The van der Waals surface area contributed by atoms with E-state index >= 15 is 0 Å². The second-order valence-corrected chi connectivity index (χ2v) is 3.98. The molecule has 0 spiro atoms. The number of hydrogen-bond acceptors (Lipinski definition) is 6. The Morgan fingerprint density at radius 2 is 2.50 bits per heavy atom. The van der Waals surface area contributed by atoms with Crippen LogP contribution in [-0.2, 0) is 4.74 Å². The van der Waals surface area contributed by atoms with Crippen LogP contribution in [0.1, 0.15) is 13.8 Å². The number of aromatic nitrogens is 2. The molecule has 1 aromatic heterocycles. The molecule has 0 bridgehead atoms. The number of ether oxygens (including phenoxy) is 1. The summed E-state index contributed by atoms with van der Waals surface area (Å²) in [7, 11) is 0. The number of nitrogens with one attached hydrogen (secondary N) is 1.